The van der Waals surface area contributed by atoms with Crippen LogP contribution in [-0.4, -0.2) is 6.17 Å². The third-order valence-electron chi connectivity index (χ3n) is 2.43. The maximum atomic E-state index is 13.7. The summed E-state index contributed by atoms with van der Waals surface area (Å²) < 4.78 is 13.7. The van der Waals surface area contributed by atoms with Gasteiger partial charge >= 0.3 is 0 Å². The molecule has 0 spiro atoms. The first kappa shape index (κ1) is 14.6. The second kappa shape index (κ2) is 7.00. The van der Waals surface area contributed by atoms with E-state index >= 15 is 0 Å². The summed E-state index contributed by atoms with van der Waals surface area (Å²) in [6, 6.07) is 0. The largest absolute Gasteiger partial charge is 0.238 e. The van der Waals surface area contributed by atoms with Crippen molar-refractivity contribution in [2.24, 2.45) is 0 Å². The van der Waals surface area contributed by atoms with Gasteiger partial charge in [0.2, 0.25) is 0 Å². The van der Waals surface area contributed by atoms with Crippen LogP contribution in [0.1, 0.15) is 27.2 Å². The third-order valence-corrected chi connectivity index (χ3v) is 2.43. The standard InChI is InChI=1S/C15H21F/c1-7-10-14(15(16)9-3)12(6)13(8-2)11(4)5/h8-10,15H,2-4,7H2,1,5-6H3/b13-12+,14-10+. The lowest BCUT2D eigenvalue weighted by molar-refractivity contribution is 0.452. The van der Waals surface area contributed by atoms with Crippen LogP contribution in [-0.2, 0) is 0 Å². The van der Waals surface area contributed by atoms with E-state index < -0.39 is 6.17 Å². The Morgan fingerprint density at radius 3 is 2.19 bits per heavy atom. The lowest BCUT2D eigenvalue weighted by Gasteiger charge is -2.14. The second-order valence-electron chi connectivity index (χ2n) is 3.73. The van der Waals surface area contributed by atoms with Crippen LogP contribution in [0.5, 0.6) is 0 Å². The van der Waals surface area contributed by atoms with E-state index in [0.717, 1.165) is 23.1 Å². The Hall–Kier alpha value is -1.37. The quantitative estimate of drug-likeness (QED) is 0.440. The molecule has 1 heteroatoms. The van der Waals surface area contributed by atoms with Crippen LogP contribution in [0.25, 0.3) is 0 Å². The molecule has 0 radical (unpaired) electrons. The molecule has 0 heterocycles. The van der Waals surface area contributed by atoms with E-state index in [4.69, 9.17) is 0 Å². The first-order valence-corrected chi connectivity index (χ1v) is 5.45. The molecule has 0 nitrogen and oxygen atoms in total. The highest BCUT2D eigenvalue weighted by Gasteiger charge is 2.13. The Morgan fingerprint density at radius 2 is 1.88 bits per heavy atom. The molecule has 0 amide bonds. The van der Waals surface area contributed by atoms with Crippen molar-refractivity contribution in [3.8, 4) is 0 Å². The van der Waals surface area contributed by atoms with Crippen LogP contribution in [0.4, 0.5) is 4.39 Å². The molecule has 16 heavy (non-hydrogen) atoms. The summed E-state index contributed by atoms with van der Waals surface area (Å²) in [6.07, 6.45) is 4.57. The van der Waals surface area contributed by atoms with Crippen molar-refractivity contribution >= 4 is 0 Å². The Balaban J connectivity index is 5.54. The minimum Gasteiger partial charge on any atom is -0.238 e. The van der Waals surface area contributed by atoms with Crippen molar-refractivity contribution in [1.82, 2.24) is 0 Å². The molecular formula is C15H21F. The number of rotatable bonds is 6. The smallest absolute Gasteiger partial charge is 0.143 e. The Kier molecular flexibility index (Phi) is 6.40. The Morgan fingerprint density at radius 1 is 1.31 bits per heavy atom. The van der Waals surface area contributed by atoms with Gasteiger partial charge in [0, 0.05) is 0 Å². The summed E-state index contributed by atoms with van der Waals surface area (Å²) in [5.41, 5.74) is 3.35. The van der Waals surface area contributed by atoms with Gasteiger partial charge in [0.25, 0.3) is 0 Å². The minimum atomic E-state index is -1.13. The molecule has 0 saturated carbocycles. The third kappa shape index (κ3) is 3.65. The molecule has 88 valence electrons. The fourth-order valence-electron chi connectivity index (χ4n) is 1.62. The van der Waals surface area contributed by atoms with Gasteiger partial charge < -0.3 is 0 Å². The van der Waals surface area contributed by atoms with E-state index in [-0.39, 0.29) is 0 Å². The molecule has 0 aliphatic carbocycles. The fraction of sp³-hybridized carbons (Fsp3) is 0.333. The van der Waals surface area contributed by atoms with E-state index in [0.29, 0.717) is 5.57 Å². The van der Waals surface area contributed by atoms with Crippen LogP contribution < -0.4 is 0 Å². The molecule has 0 saturated heterocycles. The number of hydrogen-bond donors (Lipinski definition) is 0. The highest BCUT2D eigenvalue weighted by Crippen LogP contribution is 2.25. The number of alkyl halides is 1. The molecule has 0 aliphatic rings. The van der Waals surface area contributed by atoms with Crippen LogP contribution in [0.2, 0.25) is 0 Å². The summed E-state index contributed by atoms with van der Waals surface area (Å²) in [4.78, 5) is 0. The zero-order valence-electron chi connectivity index (χ0n) is 10.5. The van der Waals surface area contributed by atoms with Crippen LogP contribution in [0, 0.1) is 0 Å². The van der Waals surface area contributed by atoms with Crippen molar-refractivity contribution in [3.05, 3.63) is 60.3 Å². The summed E-state index contributed by atoms with van der Waals surface area (Å²) in [5, 5.41) is 0. The van der Waals surface area contributed by atoms with Gasteiger partial charge in [-0.25, -0.2) is 4.39 Å². The van der Waals surface area contributed by atoms with Crippen molar-refractivity contribution < 1.29 is 4.39 Å². The van der Waals surface area contributed by atoms with Crippen molar-refractivity contribution in [1.29, 1.82) is 0 Å². The Labute approximate surface area is 98.6 Å². The zero-order chi connectivity index (χ0) is 12.7. The predicted molar refractivity (Wildman–Crippen MR) is 71.2 cm³/mol. The second-order valence-corrected chi connectivity index (χ2v) is 3.73. The van der Waals surface area contributed by atoms with Gasteiger partial charge in [-0.1, -0.05) is 50.5 Å². The van der Waals surface area contributed by atoms with Crippen molar-refractivity contribution in [2.75, 3.05) is 0 Å². The van der Waals surface area contributed by atoms with Gasteiger partial charge in [0.15, 0.2) is 0 Å². The molecule has 0 aromatic heterocycles. The average molecular weight is 220 g/mol. The van der Waals surface area contributed by atoms with E-state index in [1.54, 1.807) is 6.08 Å². The molecule has 0 bridgehead atoms. The normalized spacial score (nSPS) is 15.1. The maximum absolute atomic E-state index is 13.7. The van der Waals surface area contributed by atoms with Crippen LogP contribution >= 0.6 is 0 Å². The van der Waals surface area contributed by atoms with Crippen LogP contribution in [0.15, 0.2) is 60.3 Å². The topological polar surface area (TPSA) is 0 Å². The Bertz CT molecular complexity index is 342. The number of halogens is 1. The molecule has 0 aromatic rings. The summed E-state index contributed by atoms with van der Waals surface area (Å²) in [5.74, 6) is 0. The van der Waals surface area contributed by atoms with Gasteiger partial charge in [-0.05, 0) is 37.0 Å². The minimum absolute atomic E-state index is 0.662. The highest BCUT2D eigenvalue weighted by atomic mass is 19.1. The first-order chi connectivity index (χ1) is 7.49. The SMILES string of the molecule is C=C/C(C(=C)C)=C(C)\C(=C/CC)C(F)C=C. The van der Waals surface area contributed by atoms with Crippen molar-refractivity contribution in [2.45, 2.75) is 33.4 Å². The number of allylic oxidation sites excluding steroid dienone is 7. The molecular weight excluding hydrogens is 199 g/mol. The van der Waals surface area contributed by atoms with Gasteiger partial charge in [-0.2, -0.15) is 0 Å². The fourth-order valence-corrected chi connectivity index (χ4v) is 1.62. The zero-order valence-corrected chi connectivity index (χ0v) is 10.5. The molecule has 0 aliphatic heterocycles. The molecule has 1 atom stereocenters. The van der Waals surface area contributed by atoms with E-state index in [1.165, 1.54) is 6.08 Å². The van der Waals surface area contributed by atoms with Gasteiger partial charge in [-0.15, -0.1) is 0 Å². The molecule has 0 fully saturated rings. The predicted octanol–water partition coefficient (Wildman–Crippen LogP) is 4.93. The van der Waals surface area contributed by atoms with Gasteiger partial charge in [-0.3, -0.25) is 0 Å². The lowest BCUT2D eigenvalue weighted by Crippen LogP contribution is -2.04. The van der Waals surface area contributed by atoms with Gasteiger partial charge in [0.05, 0.1) is 0 Å². The monoisotopic (exact) mass is 220 g/mol. The summed E-state index contributed by atoms with van der Waals surface area (Å²) >= 11 is 0. The highest BCUT2D eigenvalue weighted by molar-refractivity contribution is 5.49. The van der Waals surface area contributed by atoms with Gasteiger partial charge in [0.1, 0.15) is 6.17 Å². The lowest BCUT2D eigenvalue weighted by atomic mass is 9.93. The van der Waals surface area contributed by atoms with Crippen molar-refractivity contribution in [3.63, 3.8) is 0 Å². The molecule has 0 rings (SSSR count). The summed E-state index contributed by atoms with van der Waals surface area (Å²) in [7, 11) is 0. The molecule has 0 N–H and O–H groups in total. The first-order valence-electron chi connectivity index (χ1n) is 5.45. The maximum Gasteiger partial charge on any atom is 0.143 e. The molecule has 0 aromatic carbocycles. The average Bonchev–Trinajstić information content (AvgIpc) is 2.25. The van der Waals surface area contributed by atoms with E-state index in [2.05, 4.69) is 19.7 Å². The summed E-state index contributed by atoms with van der Waals surface area (Å²) in [6.45, 7) is 16.9. The van der Waals surface area contributed by atoms with E-state index in [9.17, 15) is 4.39 Å². The van der Waals surface area contributed by atoms with E-state index in [1.807, 2.05) is 26.8 Å². The molecule has 1 unspecified atom stereocenters. The number of hydrogen-bond acceptors (Lipinski definition) is 0. The van der Waals surface area contributed by atoms with Crippen LogP contribution in [0.3, 0.4) is 0 Å².